The number of carboxylic acid groups (broad SMARTS) is 1. The van der Waals surface area contributed by atoms with Gasteiger partial charge in [-0.2, -0.15) is 0 Å². The third-order valence-corrected chi connectivity index (χ3v) is 5.84. The van der Waals surface area contributed by atoms with Crippen LogP contribution in [-0.2, 0) is 11.2 Å². The maximum absolute atomic E-state index is 13.5. The molecule has 3 aromatic carbocycles. The number of ether oxygens (including phenoxy) is 1. The normalized spacial score (nSPS) is 11.7. The first kappa shape index (κ1) is 30.8. The van der Waals surface area contributed by atoms with Crippen LogP contribution < -0.4 is 10.1 Å². The third kappa shape index (κ3) is 9.45. The molecule has 2 N–H and O–H groups in total. The average Bonchev–Trinajstić information content (AvgIpc) is 2.91. The SMILES string of the molecule is CC(C)Cc1ccc(C(=O)/C=C(\C(=O)c2ccc(C(=O)NCCC(=O)O)cc2)c2ccc(OC(F)(F)F)cc2)cc1. The fourth-order valence-electron chi connectivity index (χ4n) is 3.92. The minimum Gasteiger partial charge on any atom is -0.481 e. The number of carbonyl (C=O) groups excluding carboxylic acids is 3. The van der Waals surface area contributed by atoms with Gasteiger partial charge in [-0.25, -0.2) is 0 Å². The maximum atomic E-state index is 13.5. The third-order valence-electron chi connectivity index (χ3n) is 5.84. The molecule has 0 saturated carbocycles. The summed E-state index contributed by atoms with van der Waals surface area (Å²) < 4.78 is 41.7. The van der Waals surface area contributed by atoms with Gasteiger partial charge in [0.25, 0.3) is 5.91 Å². The van der Waals surface area contributed by atoms with Crippen LogP contribution in [0.5, 0.6) is 5.75 Å². The van der Waals surface area contributed by atoms with E-state index in [4.69, 9.17) is 5.11 Å². The Labute approximate surface area is 234 Å². The number of benzene rings is 3. The quantitative estimate of drug-likeness (QED) is 0.201. The summed E-state index contributed by atoms with van der Waals surface area (Å²) in [6.45, 7) is 4.07. The summed E-state index contributed by atoms with van der Waals surface area (Å²) in [5.41, 5.74) is 1.79. The highest BCUT2D eigenvalue weighted by atomic mass is 19.4. The number of hydrogen-bond donors (Lipinski definition) is 2. The van der Waals surface area contributed by atoms with E-state index in [9.17, 15) is 32.3 Å². The van der Waals surface area contributed by atoms with Crippen molar-refractivity contribution in [2.24, 2.45) is 5.92 Å². The number of nitrogens with one attached hydrogen (secondary N) is 1. The summed E-state index contributed by atoms with van der Waals surface area (Å²) in [7, 11) is 0. The standard InChI is InChI=1S/C31H28F3NO6/c1-19(2)17-20-3-5-22(6-4-20)27(36)18-26(21-11-13-25(14-12-21)41-31(32,33)34)29(39)23-7-9-24(10-8-23)30(40)35-16-15-28(37)38/h3-14,18-19H,15-17H2,1-2H3,(H,35,40)(H,37,38)/b26-18-. The lowest BCUT2D eigenvalue weighted by Gasteiger charge is -2.12. The van der Waals surface area contributed by atoms with Crippen molar-refractivity contribution in [1.82, 2.24) is 5.32 Å². The molecule has 41 heavy (non-hydrogen) atoms. The van der Waals surface area contributed by atoms with Crippen molar-refractivity contribution in [1.29, 1.82) is 0 Å². The molecule has 0 radical (unpaired) electrons. The van der Waals surface area contributed by atoms with E-state index in [2.05, 4.69) is 23.9 Å². The van der Waals surface area contributed by atoms with E-state index < -0.39 is 35.6 Å². The van der Waals surface area contributed by atoms with Crippen LogP contribution in [0.3, 0.4) is 0 Å². The lowest BCUT2D eigenvalue weighted by atomic mass is 9.93. The summed E-state index contributed by atoms with van der Waals surface area (Å²) in [5.74, 6) is -2.74. The first-order chi connectivity index (χ1) is 19.3. The Morgan fingerprint density at radius 3 is 1.90 bits per heavy atom. The summed E-state index contributed by atoms with van der Waals surface area (Å²) in [6.07, 6.45) is -3.19. The number of aliphatic carboxylic acids is 1. The molecule has 0 saturated heterocycles. The minimum absolute atomic E-state index is 0.0709. The van der Waals surface area contributed by atoms with E-state index in [1.54, 1.807) is 12.1 Å². The smallest absolute Gasteiger partial charge is 0.481 e. The predicted molar refractivity (Wildman–Crippen MR) is 146 cm³/mol. The number of ketones is 2. The second-order valence-electron chi connectivity index (χ2n) is 9.60. The molecule has 1 amide bonds. The highest BCUT2D eigenvalue weighted by molar-refractivity contribution is 6.32. The van der Waals surface area contributed by atoms with Gasteiger partial charge in [-0.05, 0) is 53.8 Å². The molecule has 7 nitrogen and oxygen atoms in total. The van der Waals surface area contributed by atoms with Gasteiger partial charge >= 0.3 is 12.3 Å². The van der Waals surface area contributed by atoms with E-state index in [1.165, 1.54) is 36.4 Å². The Hall–Kier alpha value is -4.73. The molecular formula is C31H28F3NO6. The number of rotatable bonds is 12. The van der Waals surface area contributed by atoms with Crippen LogP contribution in [-0.4, -0.2) is 41.5 Å². The molecule has 3 aromatic rings. The molecule has 0 heterocycles. The first-order valence-corrected chi connectivity index (χ1v) is 12.7. The van der Waals surface area contributed by atoms with Gasteiger partial charge < -0.3 is 15.2 Å². The Morgan fingerprint density at radius 2 is 1.37 bits per heavy atom. The van der Waals surface area contributed by atoms with Gasteiger partial charge in [0, 0.05) is 28.8 Å². The molecule has 0 bridgehead atoms. The summed E-state index contributed by atoms with van der Waals surface area (Å²) in [5, 5.41) is 11.2. The zero-order valence-corrected chi connectivity index (χ0v) is 22.3. The van der Waals surface area contributed by atoms with E-state index in [0.717, 1.165) is 30.2 Å². The van der Waals surface area contributed by atoms with E-state index in [1.807, 2.05) is 12.1 Å². The van der Waals surface area contributed by atoms with Gasteiger partial charge in [-0.1, -0.05) is 62.4 Å². The number of alkyl halides is 3. The van der Waals surface area contributed by atoms with Crippen molar-refractivity contribution in [3.8, 4) is 5.75 Å². The zero-order chi connectivity index (χ0) is 30.2. The predicted octanol–water partition coefficient (Wildman–Crippen LogP) is 6.14. The number of hydrogen-bond acceptors (Lipinski definition) is 5. The van der Waals surface area contributed by atoms with E-state index in [0.29, 0.717) is 11.5 Å². The van der Waals surface area contributed by atoms with E-state index in [-0.39, 0.29) is 35.2 Å². The number of allylic oxidation sites excluding steroid dienone is 2. The van der Waals surface area contributed by atoms with Gasteiger partial charge in [0.05, 0.1) is 6.42 Å². The lowest BCUT2D eigenvalue weighted by molar-refractivity contribution is -0.274. The summed E-state index contributed by atoms with van der Waals surface area (Å²) in [4.78, 5) is 49.6. The number of carbonyl (C=O) groups is 4. The van der Waals surface area contributed by atoms with Crippen LogP contribution in [0.25, 0.3) is 5.57 Å². The molecule has 10 heteroatoms. The second kappa shape index (κ2) is 13.6. The molecule has 0 aromatic heterocycles. The second-order valence-corrected chi connectivity index (χ2v) is 9.60. The molecule has 0 atom stereocenters. The number of halogens is 3. The molecule has 0 aliphatic carbocycles. The van der Waals surface area contributed by atoms with E-state index >= 15 is 0 Å². The van der Waals surface area contributed by atoms with Crippen LogP contribution in [0.4, 0.5) is 13.2 Å². The van der Waals surface area contributed by atoms with Gasteiger partial charge in [-0.15, -0.1) is 13.2 Å². The molecule has 3 rings (SSSR count). The van der Waals surface area contributed by atoms with Crippen molar-refractivity contribution in [3.63, 3.8) is 0 Å². The van der Waals surface area contributed by atoms with Crippen LogP contribution in [0.15, 0.2) is 78.9 Å². The van der Waals surface area contributed by atoms with Crippen molar-refractivity contribution in [3.05, 3.63) is 107 Å². The Kier molecular flexibility index (Phi) is 10.2. The minimum atomic E-state index is -4.89. The molecule has 0 aliphatic heterocycles. The summed E-state index contributed by atoms with van der Waals surface area (Å²) in [6, 6.07) is 17.0. The topological polar surface area (TPSA) is 110 Å². The van der Waals surface area contributed by atoms with Crippen molar-refractivity contribution in [2.75, 3.05) is 6.54 Å². The molecule has 0 aliphatic rings. The Bertz CT molecular complexity index is 1420. The van der Waals surface area contributed by atoms with Gasteiger partial charge in [0.2, 0.25) is 0 Å². The van der Waals surface area contributed by atoms with Crippen LogP contribution in [0, 0.1) is 5.92 Å². The van der Waals surface area contributed by atoms with Crippen LogP contribution >= 0.6 is 0 Å². The molecule has 0 unspecified atom stereocenters. The van der Waals surface area contributed by atoms with Crippen molar-refractivity contribution < 1.29 is 42.2 Å². The molecular weight excluding hydrogens is 539 g/mol. The highest BCUT2D eigenvalue weighted by Crippen LogP contribution is 2.27. The number of amides is 1. The van der Waals surface area contributed by atoms with Crippen molar-refractivity contribution in [2.45, 2.75) is 33.1 Å². The van der Waals surface area contributed by atoms with Crippen LogP contribution in [0.2, 0.25) is 0 Å². The monoisotopic (exact) mass is 567 g/mol. The largest absolute Gasteiger partial charge is 0.573 e. The number of Topliss-reactive ketones (excluding diaryl/α,β-unsaturated/α-hetero) is 1. The molecule has 214 valence electrons. The number of carboxylic acids is 1. The molecule has 0 spiro atoms. The van der Waals surface area contributed by atoms with Gasteiger partial charge in [0.15, 0.2) is 11.6 Å². The van der Waals surface area contributed by atoms with Gasteiger partial charge in [-0.3, -0.25) is 19.2 Å². The lowest BCUT2D eigenvalue weighted by Crippen LogP contribution is -2.26. The van der Waals surface area contributed by atoms with Crippen molar-refractivity contribution >= 4 is 29.0 Å². The fourth-order valence-corrected chi connectivity index (χ4v) is 3.92. The maximum Gasteiger partial charge on any atom is 0.573 e. The average molecular weight is 568 g/mol. The molecule has 0 fully saturated rings. The first-order valence-electron chi connectivity index (χ1n) is 12.7. The Balaban J connectivity index is 1.91. The fraction of sp³-hybridized carbons (Fsp3) is 0.226. The zero-order valence-electron chi connectivity index (χ0n) is 22.3. The highest BCUT2D eigenvalue weighted by Gasteiger charge is 2.31. The summed E-state index contributed by atoms with van der Waals surface area (Å²) >= 11 is 0. The Morgan fingerprint density at radius 1 is 0.829 bits per heavy atom. The van der Waals surface area contributed by atoms with Crippen LogP contribution in [0.1, 0.15) is 62.5 Å². The van der Waals surface area contributed by atoms with Gasteiger partial charge in [0.1, 0.15) is 5.75 Å².